The Balaban J connectivity index is 1.63. The number of carboxylic acid groups (broad SMARTS) is 1. The Bertz CT molecular complexity index is 733. The summed E-state index contributed by atoms with van der Waals surface area (Å²) >= 11 is 0. The fourth-order valence-corrected chi connectivity index (χ4v) is 2.58. The second kappa shape index (κ2) is 7.76. The van der Waals surface area contributed by atoms with Crippen molar-refractivity contribution in [1.82, 2.24) is 9.88 Å². The van der Waals surface area contributed by atoms with Crippen LogP contribution in [0.1, 0.15) is 16.8 Å². The van der Waals surface area contributed by atoms with Gasteiger partial charge in [-0.15, -0.1) is 0 Å². The highest BCUT2D eigenvalue weighted by atomic mass is 16.5. The van der Waals surface area contributed by atoms with E-state index in [1.807, 2.05) is 30.3 Å². The lowest BCUT2D eigenvalue weighted by atomic mass is 10.1. The minimum Gasteiger partial charge on any atom is -0.481 e. The zero-order valence-corrected chi connectivity index (χ0v) is 13.5. The van der Waals surface area contributed by atoms with Crippen molar-refractivity contribution in [2.24, 2.45) is 0 Å². The van der Waals surface area contributed by atoms with Gasteiger partial charge in [0, 0.05) is 25.4 Å². The maximum atomic E-state index is 12.5. The predicted molar refractivity (Wildman–Crippen MR) is 88.6 cm³/mol. The number of morpholine rings is 1. The molecular formula is C18H18N2O5. The first-order valence-electron chi connectivity index (χ1n) is 7.93. The molecule has 1 aromatic heterocycles. The number of benzene rings is 1. The summed E-state index contributed by atoms with van der Waals surface area (Å²) in [6.45, 7) is 1.01. The molecule has 1 aliphatic heterocycles. The van der Waals surface area contributed by atoms with Crippen LogP contribution >= 0.6 is 0 Å². The molecule has 1 amide bonds. The molecule has 0 radical (unpaired) electrons. The SMILES string of the molecule is O=C(O)CC1CN(C(=O)c2ccc(Oc3ccccc3)nc2)CCO1. The average Bonchev–Trinajstić information content (AvgIpc) is 2.62. The first kappa shape index (κ1) is 16.9. The lowest BCUT2D eigenvalue weighted by molar-refractivity contribution is -0.141. The van der Waals surface area contributed by atoms with Gasteiger partial charge in [-0.05, 0) is 18.2 Å². The van der Waals surface area contributed by atoms with E-state index in [1.54, 1.807) is 17.0 Å². The van der Waals surface area contributed by atoms with Gasteiger partial charge in [0.2, 0.25) is 5.88 Å². The third-order valence-electron chi connectivity index (χ3n) is 3.78. The van der Waals surface area contributed by atoms with Crippen LogP contribution in [-0.2, 0) is 9.53 Å². The van der Waals surface area contributed by atoms with Crippen LogP contribution in [-0.4, -0.2) is 52.7 Å². The second-order valence-electron chi connectivity index (χ2n) is 5.64. The van der Waals surface area contributed by atoms with Crippen molar-refractivity contribution in [3.63, 3.8) is 0 Å². The van der Waals surface area contributed by atoms with Crippen LogP contribution in [0.5, 0.6) is 11.6 Å². The summed E-state index contributed by atoms with van der Waals surface area (Å²) < 4.78 is 11.0. The summed E-state index contributed by atoms with van der Waals surface area (Å²) in [6.07, 6.45) is 0.859. The third-order valence-corrected chi connectivity index (χ3v) is 3.78. The Labute approximate surface area is 144 Å². The normalized spacial score (nSPS) is 17.1. The number of hydrogen-bond donors (Lipinski definition) is 1. The summed E-state index contributed by atoms with van der Waals surface area (Å²) in [5, 5.41) is 8.85. The molecule has 0 saturated carbocycles. The van der Waals surface area contributed by atoms with Crippen molar-refractivity contribution in [3.8, 4) is 11.6 Å². The Morgan fingerprint density at radius 3 is 2.72 bits per heavy atom. The van der Waals surface area contributed by atoms with Gasteiger partial charge in [0.1, 0.15) is 5.75 Å². The molecule has 0 aliphatic carbocycles. The van der Waals surface area contributed by atoms with E-state index in [2.05, 4.69) is 4.98 Å². The van der Waals surface area contributed by atoms with Gasteiger partial charge in [-0.1, -0.05) is 18.2 Å². The van der Waals surface area contributed by atoms with Gasteiger partial charge in [-0.3, -0.25) is 9.59 Å². The van der Waals surface area contributed by atoms with Crippen LogP contribution in [0.3, 0.4) is 0 Å². The number of aliphatic carboxylic acids is 1. The molecule has 2 heterocycles. The maximum absolute atomic E-state index is 12.5. The van der Waals surface area contributed by atoms with E-state index in [9.17, 15) is 9.59 Å². The van der Waals surface area contributed by atoms with E-state index in [4.69, 9.17) is 14.6 Å². The molecule has 7 nitrogen and oxygen atoms in total. The van der Waals surface area contributed by atoms with E-state index in [0.29, 0.717) is 30.3 Å². The number of ether oxygens (including phenoxy) is 2. The number of hydrogen-bond acceptors (Lipinski definition) is 5. The summed E-state index contributed by atoms with van der Waals surface area (Å²) in [6, 6.07) is 12.5. The standard InChI is InChI=1S/C18H18N2O5/c21-17(22)10-15-12-20(8-9-24-15)18(23)13-6-7-16(19-11-13)25-14-4-2-1-3-5-14/h1-7,11,15H,8-10,12H2,(H,21,22). The molecule has 1 fully saturated rings. The zero-order valence-electron chi connectivity index (χ0n) is 13.5. The van der Waals surface area contributed by atoms with Crippen molar-refractivity contribution in [1.29, 1.82) is 0 Å². The molecular weight excluding hydrogens is 324 g/mol. The van der Waals surface area contributed by atoms with Crippen molar-refractivity contribution in [3.05, 3.63) is 54.2 Å². The van der Waals surface area contributed by atoms with Crippen LogP contribution in [0.25, 0.3) is 0 Å². The number of carboxylic acids is 1. The number of pyridine rings is 1. The molecule has 1 atom stereocenters. The molecule has 7 heteroatoms. The van der Waals surface area contributed by atoms with Crippen LogP contribution in [0, 0.1) is 0 Å². The zero-order chi connectivity index (χ0) is 17.6. The highest BCUT2D eigenvalue weighted by Gasteiger charge is 2.26. The number of amides is 1. The molecule has 2 aromatic rings. The quantitative estimate of drug-likeness (QED) is 0.896. The first-order chi connectivity index (χ1) is 12.1. The number of nitrogens with zero attached hydrogens (tertiary/aromatic N) is 2. The van der Waals surface area contributed by atoms with E-state index >= 15 is 0 Å². The lowest BCUT2D eigenvalue weighted by Crippen LogP contribution is -2.46. The summed E-state index contributed by atoms with van der Waals surface area (Å²) in [5.74, 6) is -0.0759. The second-order valence-corrected chi connectivity index (χ2v) is 5.64. The van der Waals surface area contributed by atoms with Crippen LogP contribution in [0.15, 0.2) is 48.7 Å². The van der Waals surface area contributed by atoms with Crippen LogP contribution < -0.4 is 4.74 Å². The van der Waals surface area contributed by atoms with Crippen molar-refractivity contribution < 1.29 is 24.2 Å². The highest BCUT2D eigenvalue weighted by Crippen LogP contribution is 2.19. The van der Waals surface area contributed by atoms with Gasteiger partial charge >= 0.3 is 5.97 Å². The summed E-state index contributed by atoms with van der Waals surface area (Å²) in [5.41, 5.74) is 0.427. The topological polar surface area (TPSA) is 89.0 Å². The number of aromatic nitrogens is 1. The Hall–Kier alpha value is -2.93. The number of carbonyl (C=O) groups excluding carboxylic acids is 1. The molecule has 1 aliphatic rings. The van der Waals surface area contributed by atoms with Crippen molar-refractivity contribution >= 4 is 11.9 Å². The van der Waals surface area contributed by atoms with E-state index in [0.717, 1.165) is 0 Å². The summed E-state index contributed by atoms with van der Waals surface area (Å²) in [7, 11) is 0. The van der Waals surface area contributed by atoms with E-state index < -0.39 is 12.1 Å². The first-order valence-corrected chi connectivity index (χ1v) is 7.93. The smallest absolute Gasteiger partial charge is 0.306 e. The Kier molecular flexibility index (Phi) is 5.25. The summed E-state index contributed by atoms with van der Waals surface area (Å²) in [4.78, 5) is 29.1. The highest BCUT2D eigenvalue weighted by molar-refractivity contribution is 5.94. The molecule has 1 N–H and O–H groups in total. The number of para-hydroxylation sites is 1. The lowest BCUT2D eigenvalue weighted by Gasteiger charge is -2.32. The molecule has 0 bridgehead atoms. The Morgan fingerprint density at radius 2 is 2.04 bits per heavy atom. The molecule has 3 rings (SSSR count). The average molecular weight is 342 g/mol. The van der Waals surface area contributed by atoms with Gasteiger partial charge < -0.3 is 19.5 Å². The van der Waals surface area contributed by atoms with Gasteiger partial charge in [-0.25, -0.2) is 4.98 Å². The molecule has 1 saturated heterocycles. The van der Waals surface area contributed by atoms with Gasteiger partial charge in [0.05, 0.1) is 24.7 Å². The van der Waals surface area contributed by atoms with Crippen LogP contribution in [0.4, 0.5) is 0 Å². The molecule has 130 valence electrons. The van der Waals surface area contributed by atoms with E-state index in [1.165, 1.54) is 6.20 Å². The van der Waals surface area contributed by atoms with Gasteiger partial charge in [0.15, 0.2) is 0 Å². The third kappa shape index (κ3) is 4.54. The van der Waals surface area contributed by atoms with E-state index in [-0.39, 0.29) is 18.9 Å². The number of rotatable bonds is 5. The van der Waals surface area contributed by atoms with Gasteiger partial charge in [-0.2, -0.15) is 0 Å². The minimum atomic E-state index is -0.941. The maximum Gasteiger partial charge on any atom is 0.306 e. The van der Waals surface area contributed by atoms with Gasteiger partial charge in [0.25, 0.3) is 5.91 Å². The monoisotopic (exact) mass is 342 g/mol. The molecule has 25 heavy (non-hydrogen) atoms. The molecule has 1 unspecified atom stereocenters. The number of carbonyl (C=O) groups is 2. The van der Waals surface area contributed by atoms with Crippen molar-refractivity contribution in [2.75, 3.05) is 19.7 Å². The molecule has 1 aromatic carbocycles. The van der Waals surface area contributed by atoms with Crippen LogP contribution in [0.2, 0.25) is 0 Å². The fraction of sp³-hybridized carbons (Fsp3) is 0.278. The Morgan fingerprint density at radius 1 is 1.24 bits per heavy atom. The predicted octanol–water partition coefficient (Wildman–Crippen LogP) is 2.19. The fourth-order valence-electron chi connectivity index (χ4n) is 2.58. The van der Waals surface area contributed by atoms with Crippen molar-refractivity contribution in [2.45, 2.75) is 12.5 Å². The minimum absolute atomic E-state index is 0.119. The largest absolute Gasteiger partial charge is 0.481 e. The molecule has 0 spiro atoms.